The van der Waals surface area contributed by atoms with Crippen LogP contribution in [0.15, 0.2) is 88.8 Å². The van der Waals surface area contributed by atoms with Crippen LogP contribution < -0.4 is 10.9 Å². The topological polar surface area (TPSA) is 81.3 Å². The number of carbonyl (C=O) groups excluding carboxylic acids is 1. The van der Waals surface area contributed by atoms with Gasteiger partial charge >= 0.3 is 0 Å². The van der Waals surface area contributed by atoms with Gasteiger partial charge in [0.15, 0.2) is 5.16 Å². The molecule has 0 aliphatic rings. The molecule has 8 heteroatoms. The van der Waals surface area contributed by atoms with Crippen molar-refractivity contribution < 1.29 is 4.79 Å². The quantitative estimate of drug-likeness (QED) is 0.310. The maximum Gasteiger partial charge on any atom is 0.267 e. The van der Waals surface area contributed by atoms with Crippen LogP contribution in [0.3, 0.4) is 0 Å². The maximum absolute atomic E-state index is 13.3. The predicted molar refractivity (Wildman–Crippen MR) is 140 cm³/mol. The number of amides is 1. The molecule has 5 rings (SSSR count). The lowest BCUT2D eigenvalue weighted by Gasteiger charge is -2.11. The van der Waals surface area contributed by atoms with Gasteiger partial charge in [0.25, 0.3) is 5.56 Å². The summed E-state index contributed by atoms with van der Waals surface area (Å²) in [6, 6.07) is 24.7. The van der Waals surface area contributed by atoms with E-state index in [2.05, 4.69) is 34.6 Å². The van der Waals surface area contributed by atoms with E-state index in [1.807, 2.05) is 65.1 Å². The van der Waals surface area contributed by atoms with Crippen molar-refractivity contribution in [3.05, 3.63) is 94.8 Å². The summed E-state index contributed by atoms with van der Waals surface area (Å²) in [7, 11) is 0. The summed E-state index contributed by atoms with van der Waals surface area (Å²) in [5.41, 5.74) is 3.28. The first kappa shape index (κ1) is 22.9. The first-order valence-corrected chi connectivity index (χ1v) is 12.6. The molecule has 0 saturated heterocycles. The fourth-order valence-electron chi connectivity index (χ4n) is 4.04. The maximum atomic E-state index is 13.3. The van der Waals surface area contributed by atoms with E-state index in [0.29, 0.717) is 27.5 Å². The highest BCUT2D eigenvalue weighted by atomic mass is 32.2. The van der Waals surface area contributed by atoms with Crippen LogP contribution in [0.1, 0.15) is 25.3 Å². The van der Waals surface area contributed by atoms with Crippen molar-refractivity contribution in [3.63, 3.8) is 0 Å². The summed E-state index contributed by atoms with van der Waals surface area (Å²) in [6.07, 6.45) is 3.35. The number of nitrogens with one attached hydrogen (secondary N) is 1. The summed E-state index contributed by atoms with van der Waals surface area (Å²) >= 11 is 1.28. The van der Waals surface area contributed by atoms with Crippen molar-refractivity contribution in [2.75, 3.05) is 11.1 Å². The number of carbonyl (C=O) groups is 1. The second-order valence-electron chi connectivity index (χ2n) is 8.25. The zero-order valence-electron chi connectivity index (χ0n) is 19.3. The average Bonchev–Trinajstić information content (AvgIpc) is 3.31. The normalized spacial score (nSPS) is 11.2. The minimum atomic E-state index is -0.164. The Morgan fingerprint density at radius 3 is 2.46 bits per heavy atom. The third kappa shape index (κ3) is 4.70. The molecule has 1 N–H and O–H groups in total. The van der Waals surface area contributed by atoms with Gasteiger partial charge in [-0.1, -0.05) is 67.6 Å². The van der Waals surface area contributed by atoms with E-state index in [4.69, 9.17) is 0 Å². The monoisotopic (exact) mass is 483 g/mol. The zero-order valence-corrected chi connectivity index (χ0v) is 20.2. The highest BCUT2D eigenvalue weighted by molar-refractivity contribution is 7.99. The lowest BCUT2D eigenvalue weighted by atomic mass is 10.1. The molecule has 1 amide bonds. The van der Waals surface area contributed by atoms with E-state index >= 15 is 0 Å². The standard InChI is InChI=1S/C27H25N5O2S/c1-2-3-9-19-14-16-20(17-15-19)28-24(33)18-35-27-30-29-26-31(21-10-5-4-6-11-21)25(34)22-12-7-8-13-23(22)32(26)27/h4-8,10-17H,2-3,9,18H2,1H3,(H,28,33). The molecule has 0 bridgehead atoms. The Kier molecular flexibility index (Phi) is 6.63. The predicted octanol–water partition coefficient (Wildman–Crippen LogP) is 5.11. The third-order valence-electron chi connectivity index (χ3n) is 5.80. The van der Waals surface area contributed by atoms with Crippen LogP contribution >= 0.6 is 11.8 Å². The number of rotatable bonds is 8. The van der Waals surface area contributed by atoms with Crippen LogP contribution in [0.5, 0.6) is 0 Å². The molecule has 176 valence electrons. The van der Waals surface area contributed by atoms with Gasteiger partial charge in [0.05, 0.1) is 22.3 Å². The number of nitrogens with zero attached hydrogens (tertiary/aromatic N) is 4. The van der Waals surface area contributed by atoms with E-state index in [-0.39, 0.29) is 17.2 Å². The van der Waals surface area contributed by atoms with Gasteiger partial charge in [-0.05, 0) is 54.8 Å². The van der Waals surface area contributed by atoms with Crippen molar-refractivity contribution in [3.8, 4) is 5.69 Å². The Labute approximate surface area is 206 Å². The van der Waals surface area contributed by atoms with Crippen LogP contribution in [-0.4, -0.2) is 30.8 Å². The van der Waals surface area contributed by atoms with Crippen molar-refractivity contribution in [1.82, 2.24) is 19.2 Å². The zero-order chi connectivity index (χ0) is 24.2. The largest absolute Gasteiger partial charge is 0.325 e. The number of aromatic nitrogens is 4. The lowest BCUT2D eigenvalue weighted by molar-refractivity contribution is -0.113. The van der Waals surface area contributed by atoms with Crippen LogP contribution in [-0.2, 0) is 11.2 Å². The smallest absolute Gasteiger partial charge is 0.267 e. The van der Waals surface area contributed by atoms with Gasteiger partial charge in [-0.3, -0.25) is 14.0 Å². The number of hydrogen-bond acceptors (Lipinski definition) is 5. The van der Waals surface area contributed by atoms with Gasteiger partial charge in [-0.2, -0.15) is 0 Å². The molecule has 0 atom stereocenters. The SMILES string of the molecule is CCCCc1ccc(NC(=O)CSc2nnc3n(-c4ccccc4)c(=O)c4ccccc4n23)cc1. The molecule has 0 aliphatic heterocycles. The molecule has 0 fully saturated rings. The molecule has 0 spiro atoms. The number of fused-ring (bicyclic) bond motifs is 3. The average molecular weight is 484 g/mol. The second kappa shape index (κ2) is 10.1. The Hall–Kier alpha value is -3.91. The molecule has 0 aliphatic carbocycles. The summed E-state index contributed by atoms with van der Waals surface area (Å²) in [5, 5.41) is 12.7. The first-order chi connectivity index (χ1) is 17.2. The first-order valence-electron chi connectivity index (χ1n) is 11.6. The number of aryl methyl sites for hydroxylation is 1. The molecular weight excluding hydrogens is 458 g/mol. The number of para-hydroxylation sites is 2. The van der Waals surface area contributed by atoms with E-state index in [1.165, 1.54) is 17.3 Å². The number of benzene rings is 3. The highest BCUT2D eigenvalue weighted by Crippen LogP contribution is 2.23. The molecule has 0 radical (unpaired) electrons. The summed E-state index contributed by atoms with van der Waals surface area (Å²) in [6.45, 7) is 2.18. The lowest BCUT2D eigenvalue weighted by Crippen LogP contribution is -2.21. The molecule has 7 nitrogen and oxygen atoms in total. The molecular formula is C27H25N5O2S. The molecule has 2 aromatic heterocycles. The van der Waals surface area contributed by atoms with E-state index in [0.717, 1.165) is 24.9 Å². The Morgan fingerprint density at radius 2 is 1.69 bits per heavy atom. The van der Waals surface area contributed by atoms with Gasteiger partial charge in [-0.25, -0.2) is 4.57 Å². The third-order valence-corrected chi connectivity index (χ3v) is 6.73. The summed E-state index contributed by atoms with van der Waals surface area (Å²) in [4.78, 5) is 26.0. The van der Waals surface area contributed by atoms with E-state index in [1.54, 1.807) is 10.6 Å². The van der Waals surface area contributed by atoms with Crippen molar-refractivity contribution in [2.24, 2.45) is 0 Å². The van der Waals surface area contributed by atoms with Crippen LogP contribution in [0.4, 0.5) is 5.69 Å². The number of hydrogen-bond donors (Lipinski definition) is 1. The fourth-order valence-corrected chi connectivity index (χ4v) is 4.78. The van der Waals surface area contributed by atoms with Gasteiger partial charge in [0.1, 0.15) is 0 Å². The van der Waals surface area contributed by atoms with Gasteiger partial charge in [0.2, 0.25) is 11.7 Å². The van der Waals surface area contributed by atoms with Gasteiger partial charge in [0, 0.05) is 5.69 Å². The summed E-state index contributed by atoms with van der Waals surface area (Å²) in [5.74, 6) is 0.441. The minimum Gasteiger partial charge on any atom is -0.325 e. The Bertz CT molecular complexity index is 1540. The molecule has 5 aromatic rings. The molecule has 2 heterocycles. The number of thioether (sulfide) groups is 1. The van der Waals surface area contributed by atoms with Crippen molar-refractivity contribution in [1.29, 1.82) is 0 Å². The van der Waals surface area contributed by atoms with Crippen molar-refractivity contribution in [2.45, 2.75) is 31.3 Å². The van der Waals surface area contributed by atoms with E-state index in [9.17, 15) is 9.59 Å². The summed E-state index contributed by atoms with van der Waals surface area (Å²) < 4.78 is 3.39. The fraction of sp³-hybridized carbons (Fsp3) is 0.185. The van der Waals surface area contributed by atoms with Crippen LogP contribution in [0.25, 0.3) is 22.4 Å². The minimum absolute atomic E-state index is 0.131. The number of unbranched alkanes of at least 4 members (excludes halogenated alkanes) is 1. The van der Waals surface area contributed by atoms with Crippen LogP contribution in [0.2, 0.25) is 0 Å². The van der Waals surface area contributed by atoms with E-state index < -0.39 is 0 Å². The molecule has 0 saturated carbocycles. The van der Waals surface area contributed by atoms with Crippen molar-refractivity contribution >= 4 is 40.0 Å². The molecule has 0 unspecified atom stereocenters. The van der Waals surface area contributed by atoms with Gasteiger partial charge in [-0.15, -0.1) is 10.2 Å². The second-order valence-corrected chi connectivity index (χ2v) is 9.19. The Morgan fingerprint density at radius 1 is 0.943 bits per heavy atom. The number of anilines is 1. The Balaban J connectivity index is 1.42. The highest BCUT2D eigenvalue weighted by Gasteiger charge is 2.18. The molecule has 35 heavy (non-hydrogen) atoms. The van der Waals surface area contributed by atoms with Crippen LogP contribution in [0, 0.1) is 0 Å². The molecule has 3 aromatic carbocycles. The van der Waals surface area contributed by atoms with Gasteiger partial charge < -0.3 is 5.32 Å².